The summed E-state index contributed by atoms with van der Waals surface area (Å²) in [6.07, 6.45) is 0. The minimum atomic E-state index is -3.17. The number of nitrogens with two attached hydrogens (primary N) is 1. The maximum Gasteiger partial charge on any atom is 0.277 e. The van der Waals surface area contributed by atoms with Crippen LogP contribution in [0, 0.1) is 5.82 Å². The molecule has 0 spiro atoms. The summed E-state index contributed by atoms with van der Waals surface area (Å²) in [7, 11) is 1.24. The molecular weight excluding hydrogens is 285 g/mol. The molecule has 0 aliphatic carbocycles. The van der Waals surface area contributed by atoms with Crippen molar-refractivity contribution in [3.8, 4) is 5.75 Å². The zero-order valence-electron chi connectivity index (χ0n) is 10.1. The Morgan fingerprint density at radius 3 is 2.63 bits per heavy atom. The van der Waals surface area contributed by atoms with Gasteiger partial charge < -0.3 is 15.8 Å². The number of alkyl halides is 2. The largest absolute Gasteiger partial charge is 0.494 e. The summed E-state index contributed by atoms with van der Waals surface area (Å²) in [5.41, 5.74) is 4.85. The van der Waals surface area contributed by atoms with E-state index in [1.54, 1.807) is 0 Å². The van der Waals surface area contributed by atoms with Crippen molar-refractivity contribution in [1.82, 2.24) is 5.32 Å². The van der Waals surface area contributed by atoms with Gasteiger partial charge in [0.1, 0.15) is 0 Å². The monoisotopic (exact) mass is 298 g/mol. The first-order valence-corrected chi connectivity index (χ1v) is 5.09. The second-order valence-electron chi connectivity index (χ2n) is 3.59. The third kappa shape index (κ3) is 4.96. The lowest BCUT2D eigenvalue weighted by Crippen LogP contribution is -2.41. The highest BCUT2D eigenvalue weighted by Crippen LogP contribution is 2.18. The van der Waals surface area contributed by atoms with Gasteiger partial charge in [0.25, 0.3) is 11.8 Å². The van der Waals surface area contributed by atoms with Crippen LogP contribution in [-0.4, -0.2) is 32.0 Å². The van der Waals surface area contributed by atoms with Crippen LogP contribution in [0.5, 0.6) is 5.75 Å². The molecule has 0 bridgehead atoms. The minimum absolute atomic E-state index is 0. The van der Waals surface area contributed by atoms with Crippen LogP contribution in [0.1, 0.15) is 10.4 Å². The fourth-order valence-electron chi connectivity index (χ4n) is 1.18. The van der Waals surface area contributed by atoms with E-state index in [1.165, 1.54) is 13.2 Å². The molecule has 0 saturated heterocycles. The molecule has 1 rings (SSSR count). The molecule has 3 N–H and O–H groups in total. The molecule has 4 nitrogen and oxygen atoms in total. The Labute approximate surface area is 114 Å². The van der Waals surface area contributed by atoms with Gasteiger partial charge in [-0.15, -0.1) is 12.4 Å². The van der Waals surface area contributed by atoms with E-state index in [4.69, 9.17) is 5.73 Å². The number of methoxy groups -OCH3 is 1. The van der Waals surface area contributed by atoms with Gasteiger partial charge >= 0.3 is 0 Å². The Bertz CT molecular complexity index is 444. The smallest absolute Gasteiger partial charge is 0.277 e. The lowest BCUT2D eigenvalue weighted by molar-refractivity contribution is 0.0118. The molecule has 1 aromatic carbocycles. The van der Waals surface area contributed by atoms with E-state index in [-0.39, 0.29) is 23.7 Å². The summed E-state index contributed by atoms with van der Waals surface area (Å²) in [6, 6.07) is 3.33. The summed E-state index contributed by atoms with van der Waals surface area (Å²) in [6.45, 7) is -1.73. The molecule has 8 heteroatoms. The van der Waals surface area contributed by atoms with Crippen molar-refractivity contribution in [2.75, 3.05) is 20.2 Å². The summed E-state index contributed by atoms with van der Waals surface area (Å²) < 4.78 is 43.4. The Kier molecular flexibility index (Phi) is 6.64. The predicted octanol–water partition coefficient (Wildman–Crippen LogP) is 1.58. The molecule has 0 aliphatic rings. The number of hydrogen-bond acceptors (Lipinski definition) is 3. The number of hydrogen-bond donors (Lipinski definition) is 2. The Balaban J connectivity index is 0.00000324. The normalized spacial score (nSPS) is 10.6. The second kappa shape index (κ2) is 7.20. The van der Waals surface area contributed by atoms with Crippen molar-refractivity contribution in [2.24, 2.45) is 5.73 Å². The van der Waals surface area contributed by atoms with Crippen LogP contribution < -0.4 is 15.8 Å². The summed E-state index contributed by atoms with van der Waals surface area (Å²) in [4.78, 5) is 11.5. The summed E-state index contributed by atoms with van der Waals surface area (Å²) in [5.74, 6) is -4.68. The van der Waals surface area contributed by atoms with Crippen molar-refractivity contribution in [1.29, 1.82) is 0 Å². The molecule has 1 amide bonds. The summed E-state index contributed by atoms with van der Waals surface area (Å²) in [5, 5.41) is 2.01. The number of nitrogens with one attached hydrogen (secondary N) is 1. The van der Waals surface area contributed by atoms with Gasteiger partial charge in [-0.05, 0) is 18.2 Å². The SMILES string of the molecule is COc1cc(C(=O)NCC(F)(F)CN)ccc1F.Cl. The second-order valence-corrected chi connectivity index (χ2v) is 3.59. The first kappa shape index (κ1) is 17.5. The minimum Gasteiger partial charge on any atom is -0.494 e. The van der Waals surface area contributed by atoms with Crippen molar-refractivity contribution < 1.29 is 22.7 Å². The van der Waals surface area contributed by atoms with Gasteiger partial charge in [0, 0.05) is 5.56 Å². The molecule has 1 aromatic rings. The van der Waals surface area contributed by atoms with Crippen LogP contribution in [0.3, 0.4) is 0 Å². The molecular formula is C11H14ClF3N2O2. The third-order valence-corrected chi connectivity index (χ3v) is 2.22. The zero-order chi connectivity index (χ0) is 13.8. The molecule has 108 valence electrons. The van der Waals surface area contributed by atoms with Gasteiger partial charge in [0.15, 0.2) is 11.6 Å². The van der Waals surface area contributed by atoms with E-state index >= 15 is 0 Å². The molecule has 0 atom stereocenters. The van der Waals surface area contributed by atoms with Crippen molar-refractivity contribution >= 4 is 18.3 Å². The molecule has 0 unspecified atom stereocenters. The maximum absolute atomic E-state index is 13.1. The van der Waals surface area contributed by atoms with Crippen LogP contribution in [0.15, 0.2) is 18.2 Å². The van der Waals surface area contributed by atoms with Gasteiger partial charge in [-0.2, -0.15) is 0 Å². The highest BCUT2D eigenvalue weighted by molar-refractivity contribution is 5.94. The predicted molar refractivity (Wildman–Crippen MR) is 66.5 cm³/mol. The highest BCUT2D eigenvalue weighted by atomic mass is 35.5. The number of ether oxygens (including phenoxy) is 1. The van der Waals surface area contributed by atoms with Crippen LogP contribution in [-0.2, 0) is 0 Å². The molecule has 0 heterocycles. The maximum atomic E-state index is 13.1. The Hall–Kier alpha value is -1.47. The number of carbonyl (C=O) groups is 1. The number of carbonyl (C=O) groups excluding carboxylic acids is 1. The quantitative estimate of drug-likeness (QED) is 0.867. The van der Waals surface area contributed by atoms with Crippen molar-refractivity contribution in [2.45, 2.75) is 5.92 Å². The number of benzene rings is 1. The molecule has 0 saturated carbocycles. The Morgan fingerprint density at radius 2 is 2.11 bits per heavy atom. The molecule has 0 fully saturated rings. The molecule has 0 aliphatic heterocycles. The topological polar surface area (TPSA) is 64.3 Å². The van der Waals surface area contributed by atoms with Crippen molar-refractivity contribution in [3.63, 3.8) is 0 Å². The van der Waals surface area contributed by atoms with Gasteiger partial charge in [0.2, 0.25) is 0 Å². The number of amides is 1. The zero-order valence-corrected chi connectivity index (χ0v) is 10.9. The van der Waals surface area contributed by atoms with Crippen LogP contribution in [0.25, 0.3) is 0 Å². The standard InChI is InChI=1S/C11H13F3N2O2.ClH/c1-18-9-4-7(2-3-8(9)12)10(17)16-6-11(13,14)5-15;/h2-4H,5-6,15H2,1H3,(H,16,17);1H. The van der Waals surface area contributed by atoms with E-state index < -0.39 is 30.7 Å². The fourth-order valence-corrected chi connectivity index (χ4v) is 1.18. The first-order chi connectivity index (χ1) is 8.39. The molecule has 19 heavy (non-hydrogen) atoms. The summed E-state index contributed by atoms with van der Waals surface area (Å²) >= 11 is 0. The first-order valence-electron chi connectivity index (χ1n) is 5.09. The molecule has 0 aromatic heterocycles. The number of halogens is 4. The van der Waals surface area contributed by atoms with Gasteiger partial charge in [-0.1, -0.05) is 0 Å². The lowest BCUT2D eigenvalue weighted by atomic mass is 10.2. The van der Waals surface area contributed by atoms with E-state index in [2.05, 4.69) is 4.74 Å². The van der Waals surface area contributed by atoms with Crippen LogP contribution in [0.2, 0.25) is 0 Å². The van der Waals surface area contributed by atoms with Crippen molar-refractivity contribution in [3.05, 3.63) is 29.6 Å². The molecule has 0 radical (unpaired) electrons. The van der Waals surface area contributed by atoms with E-state index in [1.807, 2.05) is 5.32 Å². The number of rotatable bonds is 5. The van der Waals surface area contributed by atoms with Gasteiger partial charge in [-0.3, -0.25) is 4.79 Å². The van der Waals surface area contributed by atoms with Crippen LogP contribution >= 0.6 is 12.4 Å². The Morgan fingerprint density at radius 1 is 1.47 bits per heavy atom. The van der Waals surface area contributed by atoms with Gasteiger partial charge in [0.05, 0.1) is 20.2 Å². The average molecular weight is 299 g/mol. The fraction of sp³-hybridized carbons (Fsp3) is 0.364. The van der Waals surface area contributed by atoms with Gasteiger partial charge in [-0.25, -0.2) is 13.2 Å². The third-order valence-electron chi connectivity index (χ3n) is 2.22. The van der Waals surface area contributed by atoms with Crippen LogP contribution in [0.4, 0.5) is 13.2 Å². The average Bonchev–Trinajstić information content (AvgIpc) is 2.36. The van der Waals surface area contributed by atoms with E-state index in [0.29, 0.717) is 0 Å². The lowest BCUT2D eigenvalue weighted by Gasteiger charge is -2.14. The van der Waals surface area contributed by atoms with E-state index in [0.717, 1.165) is 12.1 Å². The van der Waals surface area contributed by atoms with E-state index in [9.17, 15) is 18.0 Å². The highest BCUT2D eigenvalue weighted by Gasteiger charge is 2.27.